The van der Waals surface area contributed by atoms with Gasteiger partial charge in [0.2, 0.25) is 0 Å². The first-order chi connectivity index (χ1) is 8.86. The first-order valence-electron chi connectivity index (χ1n) is 6.54. The molecule has 0 saturated heterocycles. The van der Waals surface area contributed by atoms with E-state index in [9.17, 15) is 0 Å². The van der Waals surface area contributed by atoms with Gasteiger partial charge in [0, 0.05) is 6.04 Å². The Balaban J connectivity index is 2.31. The molecule has 0 bridgehead atoms. The molecule has 0 amide bonds. The largest absolute Gasteiger partial charge is 0.310 e. The molecule has 0 radical (unpaired) electrons. The quantitative estimate of drug-likeness (QED) is 0.849. The van der Waals surface area contributed by atoms with Crippen molar-refractivity contribution in [1.29, 1.82) is 0 Å². The topological polar surface area (TPSA) is 42.7 Å². The van der Waals surface area contributed by atoms with Crippen LogP contribution in [0.4, 0.5) is 0 Å². The molecule has 1 N–H and O–H groups in total. The van der Waals surface area contributed by atoms with Crippen LogP contribution in [0.2, 0.25) is 0 Å². The molecule has 2 aromatic rings. The Kier molecular flexibility index (Phi) is 4.47. The molecule has 0 aliphatic rings. The average Bonchev–Trinajstić information content (AvgIpc) is 2.94. The van der Waals surface area contributed by atoms with Crippen LogP contribution in [0.25, 0.3) is 5.69 Å². The fourth-order valence-corrected chi connectivity index (χ4v) is 2.12. The summed E-state index contributed by atoms with van der Waals surface area (Å²) in [6.45, 7) is 5.42. The molecule has 0 spiro atoms. The van der Waals surface area contributed by atoms with E-state index in [1.165, 1.54) is 5.56 Å². The van der Waals surface area contributed by atoms with Gasteiger partial charge in [-0.2, -0.15) is 5.10 Å². The highest BCUT2D eigenvalue weighted by atomic mass is 15.3. The second-order valence-corrected chi connectivity index (χ2v) is 4.31. The standard InChI is InChI=1S/C14H20N4/c1-3-9-16-13(4-2)12-7-5-6-8-14(12)18-11-15-10-17-18/h5-8,10-11,13,16H,3-4,9H2,1-2H3. The molecule has 0 aliphatic heterocycles. The molecule has 18 heavy (non-hydrogen) atoms. The Morgan fingerprint density at radius 2 is 2.11 bits per heavy atom. The molecule has 4 heteroatoms. The molecule has 0 saturated carbocycles. The summed E-state index contributed by atoms with van der Waals surface area (Å²) < 4.78 is 1.83. The van der Waals surface area contributed by atoms with Crippen molar-refractivity contribution in [2.75, 3.05) is 6.54 Å². The highest BCUT2D eigenvalue weighted by Gasteiger charge is 2.13. The van der Waals surface area contributed by atoms with Crippen LogP contribution in [0.5, 0.6) is 0 Å². The number of aromatic nitrogens is 3. The first kappa shape index (κ1) is 12.8. The number of hydrogen-bond acceptors (Lipinski definition) is 3. The van der Waals surface area contributed by atoms with Crippen LogP contribution in [-0.2, 0) is 0 Å². The molecule has 4 nitrogen and oxygen atoms in total. The molecular weight excluding hydrogens is 224 g/mol. The Morgan fingerprint density at radius 3 is 2.78 bits per heavy atom. The van der Waals surface area contributed by atoms with Crippen molar-refractivity contribution >= 4 is 0 Å². The van der Waals surface area contributed by atoms with E-state index in [2.05, 4.69) is 47.4 Å². The Hall–Kier alpha value is -1.68. The van der Waals surface area contributed by atoms with Gasteiger partial charge in [-0.25, -0.2) is 9.67 Å². The van der Waals surface area contributed by atoms with Crippen LogP contribution in [0.3, 0.4) is 0 Å². The molecule has 96 valence electrons. The van der Waals surface area contributed by atoms with Crippen molar-refractivity contribution in [2.45, 2.75) is 32.7 Å². The van der Waals surface area contributed by atoms with Crippen LogP contribution in [0.1, 0.15) is 38.3 Å². The van der Waals surface area contributed by atoms with Gasteiger partial charge in [0.1, 0.15) is 12.7 Å². The van der Waals surface area contributed by atoms with Crippen molar-refractivity contribution in [1.82, 2.24) is 20.1 Å². The third kappa shape index (κ3) is 2.76. The molecule has 2 rings (SSSR count). The maximum absolute atomic E-state index is 4.22. The van der Waals surface area contributed by atoms with Gasteiger partial charge in [0.25, 0.3) is 0 Å². The summed E-state index contributed by atoms with van der Waals surface area (Å²) in [5.41, 5.74) is 2.38. The molecule has 1 atom stereocenters. The maximum Gasteiger partial charge on any atom is 0.138 e. The van der Waals surface area contributed by atoms with Gasteiger partial charge in [-0.05, 0) is 31.0 Å². The minimum absolute atomic E-state index is 0.366. The summed E-state index contributed by atoms with van der Waals surface area (Å²) >= 11 is 0. The predicted octanol–water partition coefficient (Wildman–Crippen LogP) is 2.72. The third-order valence-electron chi connectivity index (χ3n) is 3.03. The first-order valence-corrected chi connectivity index (χ1v) is 6.54. The van der Waals surface area contributed by atoms with Crippen LogP contribution in [-0.4, -0.2) is 21.3 Å². The zero-order valence-electron chi connectivity index (χ0n) is 11.0. The molecule has 1 aromatic carbocycles. The lowest BCUT2D eigenvalue weighted by atomic mass is 10.0. The zero-order valence-corrected chi connectivity index (χ0v) is 11.0. The minimum Gasteiger partial charge on any atom is -0.310 e. The smallest absolute Gasteiger partial charge is 0.138 e. The van der Waals surface area contributed by atoms with E-state index in [1.807, 2.05) is 10.7 Å². The highest BCUT2D eigenvalue weighted by Crippen LogP contribution is 2.23. The summed E-state index contributed by atoms with van der Waals surface area (Å²) in [5.74, 6) is 0. The van der Waals surface area contributed by atoms with E-state index in [0.717, 1.165) is 25.1 Å². The number of nitrogens with one attached hydrogen (secondary N) is 1. The summed E-state index contributed by atoms with van der Waals surface area (Å²) in [6.07, 6.45) is 5.51. The van der Waals surface area contributed by atoms with E-state index in [-0.39, 0.29) is 0 Å². The predicted molar refractivity (Wildman–Crippen MR) is 72.7 cm³/mol. The molecule has 1 aromatic heterocycles. The fraction of sp³-hybridized carbons (Fsp3) is 0.429. The zero-order chi connectivity index (χ0) is 12.8. The number of rotatable bonds is 6. The van der Waals surface area contributed by atoms with Gasteiger partial charge in [-0.3, -0.25) is 0 Å². The monoisotopic (exact) mass is 244 g/mol. The Bertz CT molecular complexity index is 464. The number of hydrogen-bond donors (Lipinski definition) is 1. The Morgan fingerprint density at radius 1 is 1.28 bits per heavy atom. The normalized spacial score (nSPS) is 12.6. The summed E-state index contributed by atoms with van der Waals surface area (Å²) in [5, 5.41) is 7.80. The van der Waals surface area contributed by atoms with Gasteiger partial charge >= 0.3 is 0 Å². The number of benzene rings is 1. The second-order valence-electron chi connectivity index (χ2n) is 4.31. The average molecular weight is 244 g/mol. The van der Waals surface area contributed by atoms with Gasteiger partial charge in [-0.15, -0.1) is 0 Å². The van der Waals surface area contributed by atoms with E-state index < -0.39 is 0 Å². The van der Waals surface area contributed by atoms with Crippen molar-refractivity contribution in [3.8, 4) is 5.69 Å². The van der Waals surface area contributed by atoms with Gasteiger partial charge < -0.3 is 5.32 Å². The number of para-hydroxylation sites is 1. The lowest BCUT2D eigenvalue weighted by Gasteiger charge is -2.20. The summed E-state index contributed by atoms with van der Waals surface area (Å²) in [7, 11) is 0. The second kappa shape index (κ2) is 6.31. The van der Waals surface area contributed by atoms with Gasteiger partial charge in [0.15, 0.2) is 0 Å². The molecule has 1 unspecified atom stereocenters. The van der Waals surface area contributed by atoms with Crippen LogP contribution in [0.15, 0.2) is 36.9 Å². The molecule has 1 heterocycles. The number of nitrogens with zero attached hydrogens (tertiary/aromatic N) is 3. The molecular formula is C14H20N4. The van der Waals surface area contributed by atoms with Crippen LogP contribution in [0, 0.1) is 0 Å². The molecule has 0 fully saturated rings. The molecule has 0 aliphatic carbocycles. The lowest BCUT2D eigenvalue weighted by Crippen LogP contribution is -2.22. The lowest BCUT2D eigenvalue weighted by molar-refractivity contribution is 0.515. The van der Waals surface area contributed by atoms with Crippen molar-refractivity contribution < 1.29 is 0 Å². The third-order valence-corrected chi connectivity index (χ3v) is 3.03. The van der Waals surface area contributed by atoms with E-state index in [0.29, 0.717) is 6.04 Å². The van der Waals surface area contributed by atoms with Crippen LogP contribution >= 0.6 is 0 Å². The van der Waals surface area contributed by atoms with E-state index >= 15 is 0 Å². The summed E-state index contributed by atoms with van der Waals surface area (Å²) in [6, 6.07) is 8.72. The van der Waals surface area contributed by atoms with E-state index in [4.69, 9.17) is 0 Å². The van der Waals surface area contributed by atoms with Crippen molar-refractivity contribution in [3.63, 3.8) is 0 Å². The van der Waals surface area contributed by atoms with Crippen molar-refractivity contribution in [2.24, 2.45) is 0 Å². The van der Waals surface area contributed by atoms with Gasteiger partial charge in [-0.1, -0.05) is 32.0 Å². The fourth-order valence-electron chi connectivity index (χ4n) is 2.12. The highest BCUT2D eigenvalue weighted by molar-refractivity contribution is 5.41. The minimum atomic E-state index is 0.366. The Labute approximate surface area is 108 Å². The SMILES string of the molecule is CCCNC(CC)c1ccccc1-n1cncn1. The maximum atomic E-state index is 4.22. The summed E-state index contributed by atoms with van der Waals surface area (Å²) in [4.78, 5) is 4.02. The van der Waals surface area contributed by atoms with Gasteiger partial charge in [0.05, 0.1) is 5.69 Å². The van der Waals surface area contributed by atoms with Crippen LogP contribution < -0.4 is 5.32 Å². The van der Waals surface area contributed by atoms with E-state index in [1.54, 1.807) is 12.7 Å². The van der Waals surface area contributed by atoms with Crippen molar-refractivity contribution in [3.05, 3.63) is 42.5 Å².